The number of rotatable bonds is 5. The number of hydrogen-bond acceptors (Lipinski definition) is 2. The lowest BCUT2D eigenvalue weighted by molar-refractivity contribution is 0.233. The van der Waals surface area contributed by atoms with E-state index in [-0.39, 0.29) is 6.61 Å². The molecular formula is C19H20O2. The second-order valence-corrected chi connectivity index (χ2v) is 5.32. The third-order valence-electron chi connectivity index (χ3n) is 3.83. The number of hydrogen-bond donors (Lipinski definition) is 1. The van der Waals surface area contributed by atoms with Crippen molar-refractivity contribution >= 4 is 11.6 Å². The zero-order valence-electron chi connectivity index (χ0n) is 12.1. The molecule has 0 radical (unpaired) electrons. The topological polar surface area (TPSA) is 29.5 Å². The molecule has 0 heterocycles. The van der Waals surface area contributed by atoms with Gasteiger partial charge in [0.1, 0.15) is 5.75 Å². The highest BCUT2D eigenvalue weighted by Crippen LogP contribution is 2.32. The van der Waals surface area contributed by atoms with Crippen LogP contribution in [0.1, 0.15) is 29.5 Å². The van der Waals surface area contributed by atoms with Crippen LogP contribution in [0.2, 0.25) is 0 Å². The van der Waals surface area contributed by atoms with Crippen LogP contribution in [-0.2, 0) is 6.42 Å². The van der Waals surface area contributed by atoms with E-state index in [0.29, 0.717) is 13.0 Å². The largest absolute Gasteiger partial charge is 0.493 e. The standard InChI is InChI=1S/C19H20O2/c20-11-4-12-21-19-10-9-16-7-8-17(13-18(16)14-19)15-5-2-1-3-6-15/h1-3,5-6,9-10,13-14,20H,4,7-8,11-12H2. The number of allylic oxidation sites excluding steroid dienone is 1. The Morgan fingerprint density at radius 2 is 1.86 bits per heavy atom. The number of fused-ring (bicyclic) bond motifs is 1. The molecule has 0 amide bonds. The summed E-state index contributed by atoms with van der Waals surface area (Å²) in [6.07, 6.45) is 5.10. The van der Waals surface area contributed by atoms with Gasteiger partial charge in [-0.25, -0.2) is 0 Å². The second-order valence-electron chi connectivity index (χ2n) is 5.32. The van der Waals surface area contributed by atoms with Gasteiger partial charge in [-0.15, -0.1) is 0 Å². The van der Waals surface area contributed by atoms with Gasteiger partial charge in [0.25, 0.3) is 0 Å². The molecule has 21 heavy (non-hydrogen) atoms. The molecule has 2 nitrogen and oxygen atoms in total. The van der Waals surface area contributed by atoms with Crippen molar-refractivity contribution < 1.29 is 9.84 Å². The quantitative estimate of drug-likeness (QED) is 0.841. The Bertz CT molecular complexity index is 629. The fraction of sp³-hybridized carbons (Fsp3) is 0.263. The molecule has 0 saturated heterocycles. The summed E-state index contributed by atoms with van der Waals surface area (Å²) < 4.78 is 5.66. The Morgan fingerprint density at radius 3 is 2.67 bits per heavy atom. The van der Waals surface area contributed by atoms with E-state index in [1.165, 1.54) is 22.3 Å². The van der Waals surface area contributed by atoms with Gasteiger partial charge in [0.15, 0.2) is 0 Å². The molecule has 2 aromatic rings. The van der Waals surface area contributed by atoms with Gasteiger partial charge in [0.05, 0.1) is 6.61 Å². The minimum absolute atomic E-state index is 0.170. The lowest BCUT2D eigenvalue weighted by Gasteiger charge is -2.18. The zero-order valence-corrected chi connectivity index (χ0v) is 12.1. The summed E-state index contributed by atoms with van der Waals surface area (Å²) in [5, 5.41) is 8.81. The Balaban J connectivity index is 1.83. The molecule has 0 aromatic heterocycles. The molecule has 2 heteroatoms. The summed E-state index contributed by atoms with van der Waals surface area (Å²) in [6, 6.07) is 16.8. The second kappa shape index (κ2) is 6.59. The monoisotopic (exact) mass is 280 g/mol. The van der Waals surface area contributed by atoms with Crippen molar-refractivity contribution in [3.8, 4) is 5.75 Å². The maximum atomic E-state index is 8.81. The normalized spacial score (nSPS) is 13.5. The highest BCUT2D eigenvalue weighted by atomic mass is 16.5. The van der Waals surface area contributed by atoms with E-state index in [2.05, 4.69) is 42.5 Å². The minimum atomic E-state index is 0.170. The third-order valence-corrected chi connectivity index (χ3v) is 3.83. The van der Waals surface area contributed by atoms with Crippen molar-refractivity contribution in [2.45, 2.75) is 19.3 Å². The fourth-order valence-corrected chi connectivity index (χ4v) is 2.69. The van der Waals surface area contributed by atoms with E-state index in [4.69, 9.17) is 9.84 Å². The number of aliphatic hydroxyl groups is 1. The molecule has 0 spiro atoms. The van der Waals surface area contributed by atoms with Crippen LogP contribution in [-0.4, -0.2) is 18.3 Å². The third kappa shape index (κ3) is 3.34. The van der Waals surface area contributed by atoms with Crippen molar-refractivity contribution in [1.82, 2.24) is 0 Å². The van der Waals surface area contributed by atoms with Crippen LogP contribution >= 0.6 is 0 Å². The van der Waals surface area contributed by atoms with E-state index in [1.807, 2.05) is 12.1 Å². The SMILES string of the molecule is OCCCOc1ccc2c(c1)C=C(c1ccccc1)CC2. The van der Waals surface area contributed by atoms with E-state index in [9.17, 15) is 0 Å². The van der Waals surface area contributed by atoms with Crippen molar-refractivity contribution in [2.24, 2.45) is 0 Å². The Kier molecular flexibility index (Phi) is 4.37. The minimum Gasteiger partial charge on any atom is -0.493 e. The molecule has 2 aromatic carbocycles. The number of aryl methyl sites for hydroxylation is 1. The molecule has 3 rings (SSSR count). The number of benzene rings is 2. The van der Waals surface area contributed by atoms with Crippen LogP contribution in [0.5, 0.6) is 5.75 Å². The van der Waals surface area contributed by atoms with Crippen molar-refractivity contribution in [2.75, 3.05) is 13.2 Å². The molecule has 1 N–H and O–H groups in total. The summed E-state index contributed by atoms with van der Waals surface area (Å²) in [7, 11) is 0. The summed E-state index contributed by atoms with van der Waals surface area (Å²) in [6.45, 7) is 0.730. The Morgan fingerprint density at radius 1 is 1.00 bits per heavy atom. The van der Waals surface area contributed by atoms with Crippen LogP contribution in [0.4, 0.5) is 0 Å². The molecule has 0 saturated carbocycles. The Hall–Kier alpha value is -2.06. The summed E-state index contributed by atoms with van der Waals surface area (Å²) in [5.74, 6) is 0.882. The maximum absolute atomic E-state index is 8.81. The first-order valence-corrected chi connectivity index (χ1v) is 7.49. The van der Waals surface area contributed by atoms with Gasteiger partial charge in [0, 0.05) is 13.0 Å². The first kappa shape index (κ1) is 13.9. The van der Waals surface area contributed by atoms with Gasteiger partial charge in [-0.2, -0.15) is 0 Å². The van der Waals surface area contributed by atoms with Gasteiger partial charge >= 0.3 is 0 Å². The van der Waals surface area contributed by atoms with Crippen molar-refractivity contribution in [3.63, 3.8) is 0 Å². The molecular weight excluding hydrogens is 260 g/mol. The van der Waals surface area contributed by atoms with Crippen LogP contribution in [0.25, 0.3) is 11.6 Å². The van der Waals surface area contributed by atoms with E-state index in [1.54, 1.807) is 0 Å². The maximum Gasteiger partial charge on any atom is 0.119 e. The highest BCUT2D eigenvalue weighted by Gasteiger charge is 2.12. The summed E-state index contributed by atoms with van der Waals surface area (Å²) in [5.41, 5.74) is 5.32. The Labute approximate surface area is 125 Å². The molecule has 0 bridgehead atoms. The number of ether oxygens (including phenoxy) is 1. The van der Waals surface area contributed by atoms with E-state index in [0.717, 1.165) is 18.6 Å². The van der Waals surface area contributed by atoms with E-state index >= 15 is 0 Å². The average Bonchev–Trinajstić information content (AvgIpc) is 2.55. The van der Waals surface area contributed by atoms with E-state index < -0.39 is 0 Å². The molecule has 1 aliphatic rings. The zero-order chi connectivity index (χ0) is 14.5. The smallest absolute Gasteiger partial charge is 0.119 e. The van der Waals surface area contributed by atoms with Gasteiger partial charge in [0.2, 0.25) is 0 Å². The van der Waals surface area contributed by atoms with Crippen LogP contribution in [0.15, 0.2) is 48.5 Å². The molecule has 0 atom stereocenters. The van der Waals surface area contributed by atoms with Crippen molar-refractivity contribution in [1.29, 1.82) is 0 Å². The fourth-order valence-electron chi connectivity index (χ4n) is 2.69. The van der Waals surface area contributed by atoms with Gasteiger partial charge in [-0.05, 0) is 47.2 Å². The molecule has 0 unspecified atom stereocenters. The van der Waals surface area contributed by atoms with Crippen LogP contribution in [0, 0.1) is 0 Å². The van der Waals surface area contributed by atoms with Crippen LogP contribution in [0.3, 0.4) is 0 Å². The molecule has 0 aliphatic heterocycles. The lowest BCUT2D eigenvalue weighted by Crippen LogP contribution is -2.02. The summed E-state index contributed by atoms with van der Waals surface area (Å²) >= 11 is 0. The van der Waals surface area contributed by atoms with Crippen molar-refractivity contribution in [3.05, 3.63) is 65.2 Å². The number of aliphatic hydroxyl groups excluding tert-OH is 1. The van der Waals surface area contributed by atoms with Gasteiger partial charge in [-0.3, -0.25) is 0 Å². The first-order valence-electron chi connectivity index (χ1n) is 7.49. The predicted molar refractivity (Wildman–Crippen MR) is 86.3 cm³/mol. The predicted octanol–water partition coefficient (Wildman–Crippen LogP) is 3.93. The first-order chi connectivity index (χ1) is 10.4. The lowest BCUT2D eigenvalue weighted by atomic mass is 9.88. The highest BCUT2D eigenvalue weighted by molar-refractivity contribution is 5.84. The van der Waals surface area contributed by atoms with Gasteiger partial charge < -0.3 is 9.84 Å². The average molecular weight is 280 g/mol. The summed E-state index contributed by atoms with van der Waals surface area (Å²) in [4.78, 5) is 0. The molecule has 108 valence electrons. The van der Waals surface area contributed by atoms with Gasteiger partial charge in [-0.1, -0.05) is 42.5 Å². The van der Waals surface area contributed by atoms with Crippen LogP contribution < -0.4 is 4.74 Å². The molecule has 1 aliphatic carbocycles. The molecule has 0 fully saturated rings.